The first-order valence-electron chi connectivity index (χ1n) is 7.59. The molecule has 0 aliphatic rings. The average Bonchev–Trinajstić information content (AvgIpc) is 3.26. The average molecular weight is 340 g/mol. The van der Waals surface area contributed by atoms with E-state index >= 15 is 0 Å². The number of amides is 2. The molecule has 2 heterocycles. The minimum absolute atomic E-state index is 0.147. The van der Waals surface area contributed by atoms with Gasteiger partial charge in [-0.15, -0.1) is 0 Å². The third-order valence-corrected chi connectivity index (χ3v) is 3.40. The van der Waals surface area contributed by atoms with Crippen molar-refractivity contribution in [1.29, 1.82) is 0 Å². The fourth-order valence-corrected chi connectivity index (χ4v) is 2.14. The van der Waals surface area contributed by atoms with E-state index in [1.54, 1.807) is 38.1 Å². The first-order chi connectivity index (χ1) is 12.0. The molecule has 2 amide bonds. The van der Waals surface area contributed by atoms with E-state index in [9.17, 15) is 9.59 Å². The largest absolute Gasteiger partial charge is 0.459 e. The highest BCUT2D eigenvalue weighted by molar-refractivity contribution is 6.00. The van der Waals surface area contributed by atoms with Crippen LogP contribution in [0.25, 0.3) is 11.4 Å². The molecule has 8 nitrogen and oxygen atoms in total. The Balaban J connectivity index is 1.65. The second-order valence-corrected chi connectivity index (χ2v) is 5.38. The molecule has 0 saturated heterocycles. The first kappa shape index (κ1) is 16.4. The molecule has 0 saturated carbocycles. The van der Waals surface area contributed by atoms with Crippen LogP contribution in [0.3, 0.4) is 0 Å². The predicted molar refractivity (Wildman–Crippen MR) is 88.7 cm³/mol. The minimum atomic E-state index is -0.742. The molecule has 0 aliphatic carbocycles. The van der Waals surface area contributed by atoms with E-state index in [-0.39, 0.29) is 11.7 Å². The highest BCUT2D eigenvalue weighted by Crippen LogP contribution is 2.20. The molecule has 25 heavy (non-hydrogen) atoms. The summed E-state index contributed by atoms with van der Waals surface area (Å²) in [4.78, 5) is 28.3. The molecule has 1 atom stereocenters. The zero-order valence-electron chi connectivity index (χ0n) is 13.6. The second kappa shape index (κ2) is 7.00. The van der Waals surface area contributed by atoms with Crippen molar-refractivity contribution in [2.75, 3.05) is 5.32 Å². The van der Waals surface area contributed by atoms with Crippen molar-refractivity contribution in [2.45, 2.75) is 19.9 Å². The number of aromatic nitrogens is 2. The summed E-state index contributed by atoms with van der Waals surface area (Å²) in [7, 11) is 0. The third kappa shape index (κ3) is 3.92. The van der Waals surface area contributed by atoms with Gasteiger partial charge in [-0.2, -0.15) is 4.98 Å². The molecule has 0 fully saturated rings. The second-order valence-electron chi connectivity index (χ2n) is 5.38. The molecule has 8 heteroatoms. The molecular formula is C17H16N4O4. The number of anilines is 1. The zero-order valence-corrected chi connectivity index (χ0v) is 13.6. The Morgan fingerprint density at radius 3 is 2.72 bits per heavy atom. The van der Waals surface area contributed by atoms with Gasteiger partial charge >= 0.3 is 0 Å². The van der Waals surface area contributed by atoms with Gasteiger partial charge in [0.15, 0.2) is 5.76 Å². The number of nitrogens with one attached hydrogen (secondary N) is 2. The van der Waals surface area contributed by atoms with E-state index in [1.165, 1.54) is 12.3 Å². The lowest BCUT2D eigenvalue weighted by Gasteiger charge is -2.13. The highest BCUT2D eigenvalue weighted by atomic mass is 16.5. The standard InChI is InChI=1S/C17H16N4O4/c1-10(18-17(23)14-7-4-8-24-14)16(22)20-13-6-3-5-12(9-13)15-19-11(2)25-21-15/h3-10H,1-2H3,(H,18,23)(H,20,22)/t10-/m1/s1. The van der Waals surface area contributed by atoms with E-state index in [4.69, 9.17) is 8.94 Å². The maximum absolute atomic E-state index is 12.3. The molecule has 2 aromatic heterocycles. The van der Waals surface area contributed by atoms with Gasteiger partial charge in [0.05, 0.1) is 6.26 Å². The van der Waals surface area contributed by atoms with Crippen LogP contribution in [0.2, 0.25) is 0 Å². The maximum Gasteiger partial charge on any atom is 0.287 e. The Hall–Kier alpha value is -3.42. The van der Waals surface area contributed by atoms with Gasteiger partial charge in [-0.3, -0.25) is 9.59 Å². The molecule has 3 aromatic rings. The van der Waals surface area contributed by atoms with E-state index in [2.05, 4.69) is 20.8 Å². The monoisotopic (exact) mass is 340 g/mol. The van der Waals surface area contributed by atoms with Crippen LogP contribution in [-0.4, -0.2) is 28.0 Å². The Labute approximate surface area is 143 Å². The number of nitrogens with zero attached hydrogens (tertiary/aromatic N) is 2. The summed E-state index contributed by atoms with van der Waals surface area (Å²) in [6, 6.07) is 9.42. The summed E-state index contributed by atoms with van der Waals surface area (Å²) in [6.45, 7) is 3.29. The lowest BCUT2D eigenvalue weighted by Crippen LogP contribution is -2.41. The number of benzene rings is 1. The van der Waals surface area contributed by atoms with Crippen molar-refractivity contribution in [3.63, 3.8) is 0 Å². The van der Waals surface area contributed by atoms with Crippen LogP contribution in [0, 0.1) is 6.92 Å². The van der Waals surface area contributed by atoms with Crippen LogP contribution in [0.1, 0.15) is 23.4 Å². The van der Waals surface area contributed by atoms with Crippen molar-refractivity contribution < 1.29 is 18.5 Å². The quantitative estimate of drug-likeness (QED) is 0.738. The number of hydrogen-bond donors (Lipinski definition) is 2. The molecule has 1 aromatic carbocycles. The number of carbonyl (C=O) groups is 2. The molecule has 2 N–H and O–H groups in total. The van der Waals surface area contributed by atoms with Crippen LogP contribution < -0.4 is 10.6 Å². The van der Waals surface area contributed by atoms with Crippen molar-refractivity contribution in [3.05, 3.63) is 54.3 Å². The molecule has 0 bridgehead atoms. The van der Waals surface area contributed by atoms with Gasteiger partial charge in [0.1, 0.15) is 6.04 Å². The Kier molecular flexibility index (Phi) is 4.60. The molecule has 128 valence electrons. The summed E-state index contributed by atoms with van der Waals surface area (Å²) in [5.74, 6) is 0.227. The third-order valence-electron chi connectivity index (χ3n) is 3.40. The normalized spacial score (nSPS) is 11.8. The van der Waals surface area contributed by atoms with Gasteiger partial charge in [-0.05, 0) is 31.2 Å². The number of rotatable bonds is 5. The number of aryl methyl sites for hydroxylation is 1. The van der Waals surface area contributed by atoms with Crippen LogP contribution in [0.15, 0.2) is 51.6 Å². The fourth-order valence-electron chi connectivity index (χ4n) is 2.14. The Morgan fingerprint density at radius 2 is 2.04 bits per heavy atom. The molecule has 0 spiro atoms. The Bertz CT molecular complexity index is 886. The molecular weight excluding hydrogens is 324 g/mol. The van der Waals surface area contributed by atoms with Gasteiger partial charge in [-0.25, -0.2) is 0 Å². The van der Waals surface area contributed by atoms with Crippen molar-refractivity contribution >= 4 is 17.5 Å². The van der Waals surface area contributed by atoms with Crippen LogP contribution in [0.5, 0.6) is 0 Å². The summed E-state index contributed by atoms with van der Waals surface area (Å²) in [5, 5.41) is 9.15. The summed E-state index contributed by atoms with van der Waals surface area (Å²) >= 11 is 0. The van der Waals surface area contributed by atoms with Crippen LogP contribution in [-0.2, 0) is 4.79 Å². The Morgan fingerprint density at radius 1 is 1.20 bits per heavy atom. The smallest absolute Gasteiger partial charge is 0.287 e. The van der Waals surface area contributed by atoms with E-state index in [0.29, 0.717) is 23.0 Å². The van der Waals surface area contributed by atoms with Crippen molar-refractivity contribution in [2.24, 2.45) is 0 Å². The van der Waals surface area contributed by atoms with Gasteiger partial charge in [0.2, 0.25) is 17.6 Å². The minimum Gasteiger partial charge on any atom is -0.459 e. The van der Waals surface area contributed by atoms with Crippen molar-refractivity contribution in [1.82, 2.24) is 15.5 Å². The van der Waals surface area contributed by atoms with Crippen LogP contribution >= 0.6 is 0 Å². The lowest BCUT2D eigenvalue weighted by molar-refractivity contribution is -0.117. The number of furan rings is 1. The SMILES string of the molecule is Cc1nc(-c2cccc(NC(=O)[C@@H](C)NC(=O)c3ccco3)c2)no1. The van der Waals surface area contributed by atoms with Crippen molar-refractivity contribution in [3.8, 4) is 11.4 Å². The van der Waals surface area contributed by atoms with Gasteiger partial charge in [0, 0.05) is 18.2 Å². The van der Waals surface area contributed by atoms with Crippen LogP contribution in [0.4, 0.5) is 5.69 Å². The summed E-state index contributed by atoms with van der Waals surface area (Å²) < 4.78 is 9.95. The summed E-state index contributed by atoms with van der Waals surface area (Å²) in [6.07, 6.45) is 1.39. The molecule has 3 rings (SSSR count). The molecule has 0 aliphatic heterocycles. The summed E-state index contributed by atoms with van der Waals surface area (Å²) in [5.41, 5.74) is 1.27. The molecule has 0 unspecified atom stereocenters. The highest BCUT2D eigenvalue weighted by Gasteiger charge is 2.18. The topological polar surface area (TPSA) is 110 Å². The number of hydrogen-bond acceptors (Lipinski definition) is 6. The number of carbonyl (C=O) groups excluding carboxylic acids is 2. The van der Waals surface area contributed by atoms with Gasteiger partial charge in [-0.1, -0.05) is 17.3 Å². The molecule has 0 radical (unpaired) electrons. The van der Waals surface area contributed by atoms with E-state index < -0.39 is 11.9 Å². The maximum atomic E-state index is 12.3. The first-order valence-corrected chi connectivity index (χ1v) is 7.59. The zero-order chi connectivity index (χ0) is 17.8. The van der Waals surface area contributed by atoms with E-state index in [0.717, 1.165) is 0 Å². The van der Waals surface area contributed by atoms with E-state index in [1.807, 2.05) is 6.07 Å². The lowest BCUT2D eigenvalue weighted by atomic mass is 10.2. The predicted octanol–water partition coefficient (Wildman–Crippen LogP) is 2.40. The van der Waals surface area contributed by atoms with Gasteiger partial charge < -0.3 is 19.6 Å². The fraction of sp³-hybridized carbons (Fsp3) is 0.176. The van der Waals surface area contributed by atoms with Gasteiger partial charge in [0.25, 0.3) is 5.91 Å².